The summed E-state index contributed by atoms with van der Waals surface area (Å²) in [6, 6.07) is -0.925. The Morgan fingerprint density at radius 3 is 2.72 bits per heavy atom. The Bertz CT molecular complexity index is 381. The minimum absolute atomic E-state index is 0.0582. The van der Waals surface area contributed by atoms with Crippen LogP contribution in [0.2, 0.25) is 0 Å². The van der Waals surface area contributed by atoms with Crippen molar-refractivity contribution in [3.8, 4) is 0 Å². The average molecular weight is 279 g/mol. The Morgan fingerprint density at radius 1 is 1.50 bits per heavy atom. The molecule has 1 heterocycles. The first-order chi connectivity index (χ1) is 8.40. The zero-order valence-electron chi connectivity index (χ0n) is 10.8. The number of sulfonamides is 1. The van der Waals surface area contributed by atoms with Crippen LogP contribution in [0.4, 0.5) is 0 Å². The van der Waals surface area contributed by atoms with E-state index >= 15 is 0 Å². The summed E-state index contributed by atoms with van der Waals surface area (Å²) in [4.78, 5) is 11.2. The predicted molar refractivity (Wildman–Crippen MR) is 66.8 cm³/mol. The van der Waals surface area contributed by atoms with Crippen molar-refractivity contribution < 1.29 is 23.1 Å². The zero-order valence-corrected chi connectivity index (χ0v) is 11.6. The number of carboxylic acid groups (broad SMARTS) is 1. The van der Waals surface area contributed by atoms with Crippen molar-refractivity contribution in [2.75, 3.05) is 26.0 Å². The largest absolute Gasteiger partial charge is 0.480 e. The summed E-state index contributed by atoms with van der Waals surface area (Å²) in [5.74, 6) is -1.26. The predicted octanol–water partition coefficient (Wildman–Crippen LogP) is 0.538. The Morgan fingerprint density at radius 2 is 2.17 bits per heavy atom. The number of hydrogen-bond donors (Lipinski definition) is 1. The maximum atomic E-state index is 12.1. The number of hydrogen-bond acceptors (Lipinski definition) is 4. The summed E-state index contributed by atoms with van der Waals surface area (Å²) in [7, 11) is -2.00. The van der Waals surface area contributed by atoms with Gasteiger partial charge in [0.25, 0.3) is 0 Å². The lowest BCUT2D eigenvalue weighted by atomic mass is 9.93. The smallest absolute Gasteiger partial charge is 0.322 e. The molecular formula is C11H21NO5S. The number of rotatable bonds is 6. The fourth-order valence-electron chi connectivity index (χ4n) is 2.33. The summed E-state index contributed by atoms with van der Waals surface area (Å²) in [5, 5.41) is 9.18. The van der Waals surface area contributed by atoms with Gasteiger partial charge in [-0.15, -0.1) is 0 Å². The average Bonchev–Trinajstić information content (AvgIpc) is 2.28. The van der Waals surface area contributed by atoms with E-state index in [1.807, 2.05) is 0 Å². The lowest BCUT2D eigenvalue weighted by Crippen LogP contribution is -2.52. The Balaban J connectivity index is 2.80. The number of carbonyl (C=O) groups is 1. The summed E-state index contributed by atoms with van der Waals surface area (Å²) in [6.45, 7) is 2.45. The van der Waals surface area contributed by atoms with Gasteiger partial charge in [0.05, 0.1) is 5.75 Å². The van der Waals surface area contributed by atoms with E-state index in [4.69, 9.17) is 4.74 Å². The first-order valence-electron chi connectivity index (χ1n) is 6.11. The molecule has 7 heteroatoms. The highest BCUT2D eigenvalue weighted by molar-refractivity contribution is 7.89. The fraction of sp³-hybridized carbons (Fsp3) is 0.909. The van der Waals surface area contributed by atoms with E-state index in [2.05, 4.69) is 0 Å². The molecule has 2 atom stereocenters. The van der Waals surface area contributed by atoms with Gasteiger partial charge in [0.1, 0.15) is 6.04 Å². The van der Waals surface area contributed by atoms with Gasteiger partial charge < -0.3 is 9.84 Å². The van der Waals surface area contributed by atoms with Crippen LogP contribution in [0.15, 0.2) is 0 Å². The van der Waals surface area contributed by atoms with Gasteiger partial charge in [-0.25, -0.2) is 8.42 Å². The SMILES string of the molecule is COCCCS(=O)(=O)N1CCCC(C)C1C(=O)O. The van der Waals surface area contributed by atoms with Gasteiger partial charge >= 0.3 is 5.97 Å². The molecule has 0 aliphatic carbocycles. The van der Waals surface area contributed by atoms with Crippen molar-refractivity contribution >= 4 is 16.0 Å². The van der Waals surface area contributed by atoms with Crippen LogP contribution in [0.25, 0.3) is 0 Å². The number of aliphatic carboxylic acids is 1. The monoisotopic (exact) mass is 279 g/mol. The number of nitrogens with zero attached hydrogens (tertiary/aromatic N) is 1. The van der Waals surface area contributed by atoms with Crippen LogP contribution in [0.1, 0.15) is 26.2 Å². The molecule has 106 valence electrons. The number of methoxy groups -OCH3 is 1. The van der Waals surface area contributed by atoms with E-state index < -0.39 is 22.0 Å². The molecule has 0 saturated carbocycles. The molecule has 1 N–H and O–H groups in total. The van der Waals surface area contributed by atoms with E-state index in [9.17, 15) is 18.3 Å². The summed E-state index contributed by atoms with van der Waals surface area (Å²) >= 11 is 0. The van der Waals surface area contributed by atoms with Gasteiger partial charge in [0.2, 0.25) is 10.0 Å². The van der Waals surface area contributed by atoms with Crippen molar-refractivity contribution in [1.82, 2.24) is 4.31 Å². The van der Waals surface area contributed by atoms with Gasteiger partial charge in [0, 0.05) is 20.3 Å². The van der Waals surface area contributed by atoms with Crippen LogP contribution < -0.4 is 0 Å². The van der Waals surface area contributed by atoms with E-state index in [-0.39, 0.29) is 11.7 Å². The van der Waals surface area contributed by atoms with Crippen LogP contribution in [-0.4, -0.2) is 55.9 Å². The molecule has 1 aliphatic rings. The Hall–Kier alpha value is -0.660. The number of carboxylic acids is 1. The maximum absolute atomic E-state index is 12.1. The quantitative estimate of drug-likeness (QED) is 0.717. The van der Waals surface area contributed by atoms with Crippen LogP contribution in [0, 0.1) is 5.92 Å². The van der Waals surface area contributed by atoms with E-state index in [1.54, 1.807) is 6.92 Å². The molecule has 6 nitrogen and oxygen atoms in total. The summed E-state index contributed by atoms with van der Waals surface area (Å²) in [5.41, 5.74) is 0. The molecule has 1 fully saturated rings. The second-order valence-electron chi connectivity index (χ2n) is 4.68. The maximum Gasteiger partial charge on any atom is 0.322 e. The van der Waals surface area contributed by atoms with Gasteiger partial charge in [-0.2, -0.15) is 4.31 Å². The lowest BCUT2D eigenvalue weighted by Gasteiger charge is -2.36. The third kappa shape index (κ3) is 3.66. The molecular weight excluding hydrogens is 258 g/mol. The number of piperidine rings is 1. The van der Waals surface area contributed by atoms with Crippen molar-refractivity contribution in [3.63, 3.8) is 0 Å². The second-order valence-corrected chi connectivity index (χ2v) is 6.72. The minimum atomic E-state index is -3.51. The second kappa shape index (κ2) is 6.49. The van der Waals surface area contributed by atoms with Crippen molar-refractivity contribution in [1.29, 1.82) is 0 Å². The van der Waals surface area contributed by atoms with Gasteiger partial charge in [-0.3, -0.25) is 4.79 Å². The molecule has 1 saturated heterocycles. The Kier molecular flexibility index (Phi) is 5.55. The first kappa shape index (κ1) is 15.4. The summed E-state index contributed by atoms with van der Waals surface area (Å²) < 4.78 is 30.2. The molecule has 0 aromatic rings. The van der Waals surface area contributed by atoms with Crippen molar-refractivity contribution in [2.24, 2.45) is 5.92 Å². The van der Waals surface area contributed by atoms with Crippen molar-refractivity contribution in [2.45, 2.75) is 32.2 Å². The minimum Gasteiger partial charge on any atom is -0.480 e. The fourth-order valence-corrected chi connectivity index (χ4v) is 4.10. The molecule has 1 rings (SSSR count). The first-order valence-corrected chi connectivity index (χ1v) is 7.72. The third-order valence-corrected chi connectivity index (χ3v) is 5.18. The van der Waals surface area contributed by atoms with Crippen LogP contribution >= 0.6 is 0 Å². The molecule has 0 bridgehead atoms. The summed E-state index contributed by atoms with van der Waals surface area (Å²) in [6.07, 6.45) is 1.85. The molecule has 1 aliphatic heterocycles. The number of ether oxygens (including phenoxy) is 1. The third-order valence-electron chi connectivity index (χ3n) is 3.25. The van der Waals surface area contributed by atoms with Crippen LogP contribution in [0.3, 0.4) is 0 Å². The molecule has 0 aromatic carbocycles. The molecule has 0 spiro atoms. The Labute approximate surface area is 108 Å². The van der Waals surface area contributed by atoms with Crippen LogP contribution in [0.5, 0.6) is 0 Å². The van der Waals surface area contributed by atoms with Crippen molar-refractivity contribution in [3.05, 3.63) is 0 Å². The standard InChI is InChI=1S/C11H21NO5S/c1-9-5-3-6-12(10(9)11(13)14)18(15,16)8-4-7-17-2/h9-10H,3-8H2,1-2H3,(H,13,14). The highest BCUT2D eigenvalue weighted by atomic mass is 32.2. The van der Waals surface area contributed by atoms with E-state index in [0.29, 0.717) is 26.0 Å². The lowest BCUT2D eigenvalue weighted by molar-refractivity contribution is -0.144. The molecule has 0 radical (unpaired) electrons. The van der Waals surface area contributed by atoms with Crippen LogP contribution in [-0.2, 0) is 19.6 Å². The highest BCUT2D eigenvalue weighted by Gasteiger charge is 2.40. The molecule has 0 aromatic heterocycles. The van der Waals surface area contributed by atoms with Gasteiger partial charge in [0.15, 0.2) is 0 Å². The topological polar surface area (TPSA) is 83.9 Å². The molecule has 18 heavy (non-hydrogen) atoms. The zero-order chi connectivity index (χ0) is 13.8. The van der Waals surface area contributed by atoms with Gasteiger partial charge in [-0.05, 0) is 25.2 Å². The van der Waals surface area contributed by atoms with Gasteiger partial charge in [-0.1, -0.05) is 6.92 Å². The molecule has 0 amide bonds. The highest BCUT2D eigenvalue weighted by Crippen LogP contribution is 2.26. The normalized spacial score (nSPS) is 26.1. The van der Waals surface area contributed by atoms with E-state index in [0.717, 1.165) is 10.7 Å². The molecule has 2 unspecified atom stereocenters. The van der Waals surface area contributed by atoms with E-state index in [1.165, 1.54) is 7.11 Å².